The summed E-state index contributed by atoms with van der Waals surface area (Å²) in [5.74, 6) is 0.0740. The maximum Gasteiger partial charge on any atom is 0.227 e. The summed E-state index contributed by atoms with van der Waals surface area (Å²) in [6.07, 6.45) is 1.22. The first kappa shape index (κ1) is 15.1. The largest absolute Gasteiger partial charge is 0.305 e. The number of likely N-dealkylation sites (tertiary alicyclic amines) is 1. The highest BCUT2D eigenvalue weighted by Gasteiger charge is 2.35. The summed E-state index contributed by atoms with van der Waals surface area (Å²) in [5, 5.41) is 1.17. The Bertz CT molecular complexity index is 727. The first-order valence-electron chi connectivity index (χ1n) is 7.09. The molecular weight excluding hydrogens is 317 g/mol. The first-order chi connectivity index (χ1) is 10.6. The van der Waals surface area contributed by atoms with E-state index in [0.717, 1.165) is 17.5 Å². The summed E-state index contributed by atoms with van der Waals surface area (Å²) in [6, 6.07) is 15.0. The van der Waals surface area contributed by atoms with E-state index in [-0.39, 0.29) is 11.9 Å². The van der Waals surface area contributed by atoms with Gasteiger partial charge >= 0.3 is 0 Å². The van der Waals surface area contributed by atoms with E-state index in [9.17, 15) is 4.79 Å². The lowest BCUT2D eigenvalue weighted by Crippen LogP contribution is -2.25. The number of carbonyl (C=O) groups excluding carboxylic acids is 1. The van der Waals surface area contributed by atoms with Crippen molar-refractivity contribution in [2.45, 2.75) is 18.9 Å². The van der Waals surface area contributed by atoms with Crippen molar-refractivity contribution < 1.29 is 4.79 Å². The molecule has 1 amide bonds. The summed E-state index contributed by atoms with van der Waals surface area (Å²) in [6.45, 7) is 4.12. The first-order valence-corrected chi connectivity index (χ1v) is 7.85. The third kappa shape index (κ3) is 2.77. The van der Waals surface area contributed by atoms with Gasteiger partial charge in [0.15, 0.2) is 0 Å². The molecule has 1 fully saturated rings. The predicted octanol–water partition coefficient (Wildman–Crippen LogP) is 5.33. The van der Waals surface area contributed by atoms with Gasteiger partial charge in [0.2, 0.25) is 5.91 Å². The summed E-state index contributed by atoms with van der Waals surface area (Å²) in [5.41, 5.74) is 2.56. The second-order valence-corrected chi connectivity index (χ2v) is 6.14. The number of nitrogens with zero attached hydrogens (tertiary/aromatic N) is 1. The van der Waals surface area contributed by atoms with Gasteiger partial charge in [-0.2, -0.15) is 0 Å². The molecule has 0 unspecified atom stereocenters. The van der Waals surface area contributed by atoms with Crippen LogP contribution in [-0.4, -0.2) is 10.8 Å². The van der Waals surface area contributed by atoms with Crippen LogP contribution in [0.4, 0.5) is 0 Å². The number of hydrogen-bond acceptors (Lipinski definition) is 1. The Morgan fingerprint density at radius 1 is 1.14 bits per heavy atom. The molecule has 1 saturated heterocycles. The molecule has 3 rings (SSSR count). The van der Waals surface area contributed by atoms with E-state index in [2.05, 4.69) is 6.58 Å². The molecule has 0 aromatic heterocycles. The molecule has 22 heavy (non-hydrogen) atoms. The van der Waals surface area contributed by atoms with E-state index in [4.69, 9.17) is 23.2 Å². The van der Waals surface area contributed by atoms with Crippen LogP contribution in [0.1, 0.15) is 30.0 Å². The molecule has 0 radical (unpaired) electrons. The molecule has 0 bridgehead atoms. The zero-order valence-corrected chi connectivity index (χ0v) is 13.4. The van der Waals surface area contributed by atoms with Gasteiger partial charge in [0.25, 0.3) is 0 Å². The maximum atomic E-state index is 12.3. The van der Waals surface area contributed by atoms with Gasteiger partial charge in [0, 0.05) is 22.2 Å². The van der Waals surface area contributed by atoms with Crippen LogP contribution in [0.15, 0.2) is 55.1 Å². The Morgan fingerprint density at radius 3 is 2.55 bits per heavy atom. The Morgan fingerprint density at radius 2 is 1.86 bits per heavy atom. The van der Waals surface area contributed by atoms with E-state index >= 15 is 0 Å². The Hall–Kier alpha value is -1.77. The van der Waals surface area contributed by atoms with Crippen molar-refractivity contribution in [1.82, 2.24) is 4.90 Å². The van der Waals surface area contributed by atoms with Crippen molar-refractivity contribution in [3.8, 4) is 0 Å². The fourth-order valence-corrected chi connectivity index (χ4v) is 3.39. The smallest absolute Gasteiger partial charge is 0.227 e. The Labute approximate surface area is 140 Å². The molecule has 1 aliphatic heterocycles. The summed E-state index contributed by atoms with van der Waals surface area (Å²) < 4.78 is 0. The number of amides is 1. The number of carbonyl (C=O) groups is 1. The lowest BCUT2D eigenvalue weighted by atomic mass is 10.0. The van der Waals surface area contributed by atoms with Gasteiger partial charge in [-0.05, 0) is 29.7 Å². The molecule has 1 aliphatic rings. The quantitative estimate of drug-likeness (QED) is 0.744. The van der Waals surface area contributed by atoms with Crippen molar-refractivity contribution in [2.24, 2.45) is 0 Å². The molecule has 2 aromatic rings. The van der Waals surface area contributed by atoms with Crippen LogP contribution in [0.3, 0.4) is 0 Å². The molecule has 0 N–H and O–H groups in total. The summed E-state index contributed by atoms with van der Waals surface area (Å²) in [7, 11) is 0. The second-order valence-electron chi connectivity index (χ2n) is 5.30. The van der Waals surface area contributed by atoms with Crippen LogP contribution in [0.5, 0.6) is 0 Å². The molecule has 2 aromatic carbocycles. The van der Waals surface area contributed by atoms with E-state index in [1.54, 1.807) is 17.0 Å². The van der Waals surface area contributed by atoms with Gasteiger partial charge in [-0.1, -0.05) is 66.2 Å². The van der Waals surface area contributed by atoms with Crippen LogP contribution in [0, 0.1) is 0 Å². The molecule has 0 saturated carbocycles. The van der Waals surface area contributed by atoms with Gasteiger partial charge in [-0.3, -0.25) is 4.79 Å². The zero-order valence-electron chi connectivity index (χ0n) is 11.9. The normalized spacial score (nSPS) is 17.8. The minimum absolute atomic E-state index is 0.0740. The third-order valence-electron chi connectivity index (χ3n) is 3.93. The van der Waals surface area contributed by atoms with Gasteiger partial charge in [-0.25, -0.2) is 0 Å². The van der Waals surface area contributed by atoms with Crippen molar-refractivity contribution in [3.63, 3.8) is 0 Å². The standard InChI is InChI=1S/C18H15Cl2NO/c1-12(13-5-3-2-4-6-13)21-17(9-10-18(21)22)15-8-7-14(19)11-16(15)20/h2-8,11,17H,1,9-10H2/t17-/m1/s1. The van der Waals surface area contributed by atoms with Crippen LogP contribution in [0.2, 0.25) is 10.0 Å². The highest BCUT2D eigenvalue weighted by Crippen LogP contribution is 2.41. The van der Waals surface area contributed by atoms with Crippen molar-refractivity contribution in [1.29, 1.82) is 0 Å². The van der Waals surface area contributed by atoms with E-state index < -0.39 is 0 Å². The lowest BCUT2D eigenvalue weighted by Gasteiger charge is -2.28. The van der Waals surface area contributed by atoms with E-state index in [1.165, 1.54) is 0 Å². The number of halogens is 2. The molecular formula is C18H15Cl2NO. The fourth-order valence-electron chi connectivity index (χ4n) is 2.86. The van der Waals surface area contributed by atoms with Crippen LogP contribution in [-0.2, 0) is 4.79 Å². The second kappa shape index (κ2) is 6.15. The van der Waals surface area contributed by atoms with Gasteiger partial charge in [0.1, 0.15) is 0 Å². The topological polar surface area (TPSA) is 20.3 Å². The molecule has 2 nitrogen and oxygen atoms in total. The average Bonchev–Trinajstić information content (AvgIpc) is 2.89. The number of rotatable bonds is 3. The highest BCUT2D eigenvalue weighted by atomic mass is 35.5. The Balaban J connectivity index is 1.98. The maximum absolute atomic E-state index is 12.3. The zero-order chi connectivity index (χ0) is 15.7. The monoisotopic (exact) mass is 331 g/mol. The Kier molecular flexibility index (Phi) is 4.23. The fraction of sp³-hybridized carbons (Fsp3) is 0.167. The SMILES string of the molecule is C=C(c1ccccc1)N1C(=O)CC[C@@H]1c1ccc(Cl)cc1Cl. The number of hydrogen-bond donors (Lipinski definition) is 0. The van der Waals surface area contributed by atoms with Crippen LogP contribution >= 0.6 is 23.2 Å². The van der Waals surface area contributed by atoms with Gasteiger partial charge in [0.05, 0.1) is 6.04 Å². The van der Waals surface area contributed by atoms with E-state index in [0.29, 0.717) is 22.2 Å². The van der Waals surface area contributed by atoms with Crippen LogP contribution in [0.25, 0.3) is 5.70 Å². The van der Waals surface area contributed by atoms with Crippen LogP contribution < -0.4 is 0 Å². The minimum Gasteiger partial charge on any atom is -0.305 e. The summed E-state index contributed by atoms with van der Waals surface area (Å²) in [4.78, 5) is 14.1. The third-order valence-corrected chi connectivity index (χ3v) is 4.49. The predicted molar refractivity (Wildman–Crippen MR) is 90.8 cm³/mol. The minimum atomic E-state index is -0.0926. The highest BCUT2D eigenvalue weighted by molar-refractivity contribution is 6.35. The summed E-state index contributed by atoms with van der Waals surface area (Å²) >= 11 is 12.3. The average molecular weight is 332 g/mol. The van der Waals surface area contributed by atoms with Crippen molar-refractivity contribution in [2.75, 3.05) is 0 Å². The van der Waals surface area contributed by atoms with Gasteiger partial charge in [-0.15, -0.1) is 0 Å². The molecule has 1 atom stereocenters. The van der Waals surface area contributed by atoms with E-state index in [1.807, 2.05) is 36.4 Å². The lowest BCUT2D eigenvalue weighted by molar-refractivity contribution is -0.125. The molecule has 4 heteroatoms. The number of benzene rings is 2. The van der Waals surface area contributed by atoms with Gasteiger partial charge < -0.3 is 4.90 Å². The molecule has 0 aliphatic carbocycles. The molecule has 0 spiro atoms. The molecule has 1 heterocycles. The van der Waals surface area contributed by atoms with Crippen molar-refractivity contribution >= 4 is 34.8 Å². The van der Waals surface area contributed by atoms with Crippen molar-refractivity contribution in [3.05, 3.63) is 76.3 Å². The molecule has 112 valence electrons.